The van der Waals surface area contributed by atoms with Crippen LogP contribution in [0.5, 0.6) is 0 Å². The summed E-state index contributed by atoms with van der Waals surface area (Å²) in [6.07, 6.45) is 3.09. The van der Waals surface area contributed by atoms with E-state index in [4.69, 9.17) is 5.73 Å². The van der Waals surface area contributed by atoms with E-state index in [1.807, 2.05) is 0 Å². The van der Waals surface area contributed by atoms with Crippen molar-refractivity contribution >= 4 is 5.91 Å². The number of piperidine rings is 3. The van der Waals surface area contributed by atoms with Gasteiger partial charge in [-0.25, -0.2) is 0 Å². The van der Waals surface area contributed by atoms with Gasteiger partial charge in [0.05, 0.1) is 0 Å². The van der Waals surface area contributed by atoms with Crippen LogP contribution in [0.25, 0.3) is 0 Å². The lowest BCUT2D eigenvalue weighted by Crippen LogP contribution is -2.57. The van der Waals surface area contributed by atoms with Crippen LogP contribution in [0.4, 0.5) is 0 Å². The van der Waals surface area contributed by atoms with Crippen molar-refractivity contribution in [3.8, 4) is 0 Å². The molecule has 4 aliphatic rings. The molecule has 0 aromatic carbocycles. The first-order valence-corrected chi connectivity index (χ1v) is 6.01. The fourth-order valence-corrected chi connectivity index (χ4v) is 3.37. The van der Waals surface area contributed by atoms with Crippen molar-refractivity contribution in [3.63, 3.8) is 0 Å². The van der Waals surface area contributed by atoms with Gasteiger partial charge in [-0.2, -0.15) is 0 Å². The van der Waals surface area contributed by atoms with E-state index in [1.165, 1.54) is 25.9 Å². The van der Waals surface area contributed by atoms with Gasteiger partial charge in [0.25, 0.3) is 0 Å². The van der Waals surface area contributed by atoms with Crippen LogP contribution in [0.3, 0.4) is 0 Å². The smallest absolute Gasteiger partial charge is 0.224 e. The Morgan fingerprint density at radius 3 is 2.40 bits per heavy atom. The summed E-state index contributed by atoms with van der Waals surface area (Å²) in [7, 11) is 0. The van der Waals surface area contributed by atoms with E-state index in [-0.39, 0.29) is 11.9 Å². The largest absolute Gasteiger partial charge is 0.337 e. The zero-order valence-corrected chi connectivity index (χ0v) is 9.06. The molecule has 4 heterocycles. The molecule has 0 aromatic heterocycles. The van der Waals surface area contributed by atoms with Crippen molar-refractivity contribution < 1.29 is 4.79 Å². The van der Waals surface area contributed by atoms with Crippen molar-refractivity contribution in [1.82, 2.24) is 9.80 Å². The van der Waals surface area contributed by atoms with Gasteiger partial charge in [-0.05, 0) is 31.8 Å². The Labute approximate surface area is 90.4 Å². The highest BCUT2D eigenvalue weighted by atomic mass is 16.2. The average molecular weight is 209 g/mol. The number of nitrogens with zero attached hydrogens (tertiary/aromatic N) is 2. The van der Waals surface area contributed by atoms with Crippen LogP contribution in [0.1, 0.15) is 19.3 Å². The lowest BCUT2D eigenvalue weighted by atomic mass is 9.83. The molecule has 84 valence electrons. The minimum atomic E-state index is 0.0768. The topological polar surface area (TPSA) is 49.6 Å². The summed E-state index contributed by atoms with van der Waals surface area (Å²) in [5.41, 5.74) is 5.84. The SMILES string of the molecule is NC1CC(=O)N(C2CN3CCC2CC3)C1. The number of amides is 1. The Hall–Kier alpha value is -0.610. The van der Waals surface area contributed by atoms with E-state index >= 15 is 0 Å². The molecular formula is C11H19N3O. The standard InChI is InChI=1S/C11H19N3O/c12-9-5-11(15)14(6-9)10-7-13-3-1-8(10)2-4-13/h8-10H,1-7,12H2. The molecule has 2 bridgehead atoms. The summed E-state index contributed by atoms with van der Waals surface area (Å²) in [5, 5.41) is 0. The Morgan fingerprint density at radius 2 is 1.93 bits per heavy atom. The lowest BCUT2D eigenvalue weighted by Gasteiger charge is -2.48. The molecule has 4 fully saturated rings. The molecule has 4 aliphatic heterocycles. The number of carbonyl (C=O) groups excluding carboxylic acids is 1. The summed E-state index contributed by atoms with van der Waals surface area (Å²) in [6, 6.07) is 0.543. The van der Waals surface area contributed by atoms with E-state index in [1.54, 1.807) is 0 Å². The second-order valence-corrected chi connectivity index (χ2v) is 5.22. The maximum atomic E-state index is 11.8. The van der Waals surface area contributed by atoms with Crippen LogP contribution >= 0.6 is 0 Å². The third kappa shape index (κ3) is 1.56. The maximum absolute atomic E-state index is 11.8. The van der Waals surface area contributed by atoms with Crippen molar-refractivity contribution in [2.45, 2.75) is 31.3 Å². The summed E-state index contributed by atoms with van der Waals surface area (Å²) < 4.78 is 0. The summed E-state index contributed by atoms with van der Waals surface area (Å²) in [4.78, 5) is 16.3. The van der Waals surface area contributed by atoms with Gasteiger partial charge in [0.2, 0.25) is 5.91 Å². The molecule has 2 atom stereocenters. The minimum Gasteiger partial charge on any atom is -0.337 e. The number of nitrogens with two attached hydrogens (primary N) is 1. The first-order chi connectivity index (χ1) is 7.24. The van der Waals surface area contributed by atoms with Gasteiger partial charge >= 0.3 is 0 Å². The summed E-state index contributed by atoms with van der Waals surface area (Å²) in [5.74, 6) is 1.02. The molecule has 4 saturated heterocycles. The first kappa shape index (κ1) is 9.60. The number of hydrogen-bond acceptors (Lipinski definition) is 3. The van der Waals surface area contributed by atoms with E-state index in [2.05, 4.69) is 9.80 Å². The average Bonchev–Trinajstić information content (AvgIpc) is 2.59. The molecule has 0 aromatic rings. The first-order valence-electron chi connectivity index (χ1n) is 6.01. The van der Waals surface area contributed by atoms with Gasteiger partial charge in [0, 0.05) is 31.6 Å². The van der Waals surface area contributed by atoms with Gasteiger partial charge in [0.15, 0.2) is 0 Å². The van der Waals surface area contributed by atoms with Crippen LogP contribution < -0.4 is 5.73 Å². The molecule has 2 N–H and O–H groups in total. The fraction of sp³-hybridized carbons (Fsp3) is 0.909. The highest BCUT2D eigenvalue weighted by molar-refractivity contribution is 5.79. The predicted molar refractivity (Wildman–Crippen MR) is 57.3 cm³/mol. The molecule has 15 heavy (non-hydrogen) atoms. The van der Waals surface area contributed by atoms with Gasteiger partial charge in [-0.1, -0.05) is 0 Å². The third-order valence-corrected chi connectivity index (χ3v) is 4.21. The Kier molecular flexibility index (Phi) is 2.21. The van der Waals surface area contributed by atoms with E-state index in [0.717, 1.165) is 19.0 Å². The highest BCUT2D eigenvalue weighted by Crippen LogP contribution is 2.32. The molecule has 4 heteroatoms. The molecule has 0 aliphatic carbocycles. The number of likely N-dealkylation sites (tertiary alicyclic amines) is 1. The zero-order valence-electron chi connectivity index (χ0n) is 9.06. The monoisotopic (exact) mass is 209 g/mol. The molecule has 2 unspecified atom stereocenters. The molecule has 0 spiro atoms. The van der Waals surface area contributed by atoms with Crippen LogP contribution in [0, 0.1) is 5.92 Å². The Bertz CT molecular complexity index is 273. The second-order valence-electron chi connectivity index (χ2n) is 5.22. The van der Waals surface area contributed by atoms with Crippen molar-refractivity contribution in [3.05, 3.63) is 0 Å². The van der Waals surface area contributed by atoms with E-state index in [9.17, 15) is 4.79 Å². The highest BCUT2D eigenvalue weighted by Gasteiger charge is 2.41. The van der Waals surface area contributed by atoms with Crippen molar-refractivity contribution in [2.24, 2.45) is 11.7 Å². The second kappa shape index (κ2) is 3.46. The van der Waals surface area contributed by atoms with Gasteiger partial charge in [-0.15, -0.1) is 0 Å². The van der Waals surface area contributed by atoms with E-state index < -0.39 is 0 Å². The molecular weight excluding hydrogens is 190 g/mol. The predicted octanol–water partition coefficient (Wildman–Crippen LogP) is -0.360. The molecule has 0 saturated carbocycles. The molecule has 0 radical (unpaired) electrons. The fourth-order valence-electron chi connectivity index (χ4n) is 3.37. The van der Waals surface area contributed by atoms with Crippen LogP contribution in [-0.4, -0.2) is 54.0 Å². The van der Waals surface area contributed by atoms with Crippen molar-refractivity contribution in [2.75, 3.05) is 26.2 Å². The van der Waals surface area contributed by atoms with Crippen LogP contribution in [-0.2, 0) is 4.79 Å². The number of hydrogen-bond donors (Lipinski definition) is 1. The Balaban J connectivity index is 1.74. The van der Waals surface area contributed by atoms with Gasteiger partial charge in [-0.3, -0.25) is 4.79 Å². The number of fused-ring (bicyclic) bond motifs is 3. The normalized spacial score (nSPS) is 45.1. The molecule has 4 nitrogen and oxygen atoms in total. The summed E-state index contributed by atoms with van der Waals surface area (Å²) in [6.45, 7) is 4.33. The number of carbonyl (C=O) groups is 1. The quantitative estimate of drug-likeness (QED) is 0.641. The molecule has 4 rings (SSSR count). The van der Waals surface area contributed by atoms with Gasteiger partial charge in [0.1, 0.15) is 0 Å². The lowest BCUT2D eigenvalue weighted by molar-refractivity contribution is -0.133. The Morgan fingerprint density at radius 1 is 1.20 bits per heavy atom. The van der Waals surface area contributed by atoms with E-state index in [0.29, 0.717) is 12.5 Å². The maximum Gasteiger partial charge on any atom is 0.224 e. The minimum absolute atomic E-state index is 0.0768. The van der Waals surface area contributed by atoms with Crippen molar-refractivity contribution in [1.29, 1.82) is 0 Å². The number of rotatable bonds is 1. The van der Waals surface area contributed by atoms with Gasteiger partial charge < -0.3 is 15.5 Å². The zero-order chi connectivity index (χ0) is 10.4. The third-order valence-electron chi connectivity index (χ3n) is 4.21. The summed E-state index contributed by atoms with van der Waals surface area (Å²) >= 11 is 0. The van der Waals surface area contributed by atoms with Crippen LogP contribution in [0.15, 0.2) is 0 Å². The molecule has 1 amide bonds. The van der Waals surface area contributed by atoms with Crippen LogP contribution in [0.2, 0.25) is 0 Å².